The van der Waals surface area contributed by atoms with Crippen LogP contribution in [0.15, 0.2) is 0 Å². The van der Waals surface area contributed by atoms with Crippen molar-refractivity contribution >= 4 is 11.9 Å². The number of hydrogen-bond acceptors (Lipinski definition) is 4. The zero-order valence-electron chi connectivity index (χ0n) is 13.1. The van der Waals surface area contributed by atoms with Crippen LogP contribution in [0.5, 0.6) is 0 Å². The third-order valence-electron chi connectivity index (χ3n) is 3.07. The Hall–Kier alpha value is -1.10. The molecule has 0 bridgehead atoms. The van der Waals surface area contributed by atoms with Gasteiger partial charge in [0.05, 0.1) is 12.6 Å². The van der Waals surface area contributed by atoms with Crippen LogP contribution in [0.3, 0.4) is 0 Å². The minimum absolute atomic E-state index is 0.0971. The predicted octanol–water partition coefficient (Wildman–Crippen LogP) is 2.77. The molecule has 0 aromatic rings. The van der Waals surface area contributed by atoms with Crippen molar-refractivity contribution < 1.29 is 19.1 Å². The van der Waals surface area contributed by atoms with E-state index in [1.54, 1.807) is 11.8 Å². The molecule has 0 aromatic carbocycles. The molecule has 0 N–H and O–H groups in total. The Bertz CT molecular complexity index is 335. The Morgan fingerprint density at radius 3 is 2.55 bits per heavy atom. The number of carbonyl (C=O) groups is 2. The van der Waals surface area contributed by atoms with Gasteiger partial charge in [0, 0.05) is 19.6 Å². The molecule has 0 aliphatic carbocycles. The lowest BCUT2D eigenvalue weighted by Crippen LogP contribution is -2.36. The van der Waals surface area contributed by atoms with Crippen molar-refractivity contribution in [3.63, 3.8) is 0 Å². The number of amides is 1. The van der Waals surface area contributed by atoms with Crippen molar-refractivity contribution in [2.75, 3.05) is 19.7 Å². The first-order valence-electron chi connectivity index (χ1n) is 7.37. The van der Waals surface area contributed by atoms with E-state index in [4.69, 9.17) is 9.47 Å². The fraction of sp³-hybridized carbons (Fsp3) is 0.867. The second-order valence-electron chi connectivity index (χ2n) is 6.37. The van der Waals surface area contributed by atoms with Gasteiger partial charge in [-0.05, 0) is 47.0 Å². The first-order valence-corrected chi connectivity index (χ1v) is 7.37. The maximum Gasteiger partial charge on any atom is 0.410 e. The number of ketones is 1. The molecule has 0 aromatic heterocycles. The third kappa shape index (κ3) is 6.89. The van der Waals surface area contributed by atoms with Gasteiger partial charge < -0.3 is 19.2 Å². The Morgan fingerprint density at radius 2 is 1.95 bits per heavy atom. The average molecular weight is 285 g/mol. The maximum atomic E-state index is 11.9. The number of hydrogen-bond donors (Lipinski definition) is 0. The molecule has 0 saturated carbocycles. The number of rotatable bonds is 6. The molecule has 0 unspecified atom stereocenters. The monoisotopic (exact) mass is 285 g/mol. The lowest BCUT2D eigenvalue weighted by molar-refractivity contribution is -0.117. The van der Waals surface area contributed by atoms with Gasteiger partial charge >= 0.3 is 6.09 Å². The van der Waals surface area contributed by atoms with E-state index in [1.807, 2.05) is 20.8 Å². The van der Waals surface area contributed by atoms with Crippen LogP contribution in [-0.4, -0.2) is 48.2 Å². The molecule has 20 heavy (non-hydrogen) atoms. The molecule has 1 amide bonds. The highest BCUT2D eigenvalue weighted by atomic mass is 16.6. The summed E-state index contributed by atoms with van der Waals surface area (Å²) in [4.78, 5) is 24.4. The average Bonchev–Trinajstić information content (AvgIpc) is 2.74. The summed E-state index contributed by atoms with van der Waals surface area (Å²) in [6.07, 6.45) is 3.07. The van der Waals surface area contributed by atoms with Gasteiger partial charge in [-0.1, -0.05) is 0 Å². The Labute approximate surface area is 121 Å². The highest BCUT2D eigenvalue weighted by Crippen LogP contribution is 2.17. The summed E-state index contributed by atoms with van der Waals surface area (Å²) in [6.45, 7) is 9.14. The van der Waals surface area contributed by atoms with Crippen LogP contribution in [0.4, 0.5) is 4.79 Å². The van der Waals surface area contributed by atoms with E-state index in [-0.39, 0.29) is 18.0 Å². The van der Waals surface area contributed by atoms with Crippen LogP contribution in [0.1, 0.15) is 53.4 Å². The molecule has 1 heterocycles. The number of likely N-dealkylation sites (tertiary alicyclic amines) is 1. The highest BCUT2D eigenvalue weighted by molar-refractivity contribution is 5.75. The fourth-order valence-corrected chi connectivity index (χ4v) is 2.08. The largest absolute Gasteiger partial charge is 0.444 e. The smallest absolute Gasteiger partial charge is 0.410 e. The van der Waals surface area contributed by atoms with Gasteiger partial charge in [-0.3, -0.25) is 0 Å². The van der Waals surface area contributed by atoms with Gasteiger partial charge in [0.25, 0.3) is 0 Å². The van der Waals surface area contributed by atoms with Gasteiger partial charge in [0.1, 0.15) is 11.4 Å². The number of nitrogens with zero attached hydrogens (tertiary/aromatic N) is 1. The van der Waals surface area contributed by atoms with Gasteiger partial charge in [-0.15, -0.1) is 0 Å². The number of Topliss-reactive ketones (excluding diaryl/α,β-unsaturated/α-hetero) is 1. The lowest BCUT2D eigenvalue weighted by Gasteiger charge is -2.24. The van der Waals surface area contributed by atoms with Crippen molar-refractivity contribution in [3.05, 3.63) is 0 Å². The van der Waals surface area contributed by atoms with E-state index >= 15 is 0 Å². The molecule has 5 nitrogen and oxygen atoms in total. The molecular formula is C15H27NO4. The summed E-state index contributed by atoms with van der Waals surface area (Å²) >= 11 is 0. The third-order valence-corrected chi connectivity index (χ3v) is 3.07. The topological polar surface area (TPSA) is 55.8 Å². The van der Waals surface area contributed by atoms with E-state index in [0.29, 0.717) is 26.1 Å². The first-order chi connectivity index (χ1) is 9.28. The van der Waals surface area contributed by atoms with E-state index in [2.05, 4.69) is 0 Å². The van der Waals surface area contributed by atoms with Crippen LogP contribution in [-0.2, 0) is 14.3 Å². The molecule has 5 heteroatoms. The van der Waals surface area contributed by atoms with Gasteiger partial charge in [0.2, 0.25) is 0 Å². The SMILES string of the molecule is CC(=O)CCCCO[C@H]1CCN(C(=O)OC(C)(C)C)C1. The molecule has 1 aliphatic rings. The fourth-order valence-electron chi connectivity index (χ4n) is 2.08. The van der Waals surface area contributed by atoms with E-state index < -0.39 is 5.60 Å². The molecule has 1 fully saturated rings. The summed E-state index contributed by atoms with van der Waals surface area (Å²) < 4.78 is 11.1. The zero-order valence-corrected chi connectivity index (χ0v) is 13.1. The minimum atomic E-state index is -0.456. The van der Waals surface area contributed by atoms with Crippen molar-refractivity contribution in [1.82, 2.24) is 4.90 Å². The summed E-state index contributed by atoms with van der Waals surface area (Å²) in [5, 5.41) is 0. The minimum Gasteiger partial charge on any atom is -0.444 e. The van der Waals surface area contributed by atoms with Crippen LogP contribution in [0.2, 0.25) is 0 Å². The number of unbranched alkanes of at least 4 members (excludes halogenated alkanes) is 1. The summed E-state index contributed by atoms with van der Waals surface area (Å²) in [6, 6.07) is 0. The molecule has 1 aliphatic heterocycles. The maximum absolute atomic E-state index is 11.9. The van der Waals surface area contributed by atoms with Crippen LogP contribution in [0.25, 0.3) is 0 Å². The summed E-state index contributed by atoms with van der Waals surface area (Å²) in [5.74, 6) is 0.224. The van der Waals surface area contributed by atoms with Crippen molar-refractivity contribution in [1.29, 1.82) is 0 Å². The van der Waals surface area contributed by atoms with Crippen molar-refractivity contribution in [2.24, 2.45) is 0 Å². The van der Waals surface area contributed by atoms with Gasteiger partial charge in [0.15, 0.2) is 0 Å². The molecule has 0 spiro atoms. The number of ether oxygens (including phenoxy) is 2. The Morgan fingerprint density at radius 1 is 1.25 bits per heavy atom. The standard InChI is InChI=1S/C15H27NO4/c1-12(17)7-5-6-10-19-13-8-9-16(11-13)14(18)20-15(2,3)4/h13H,5-11H2,1-4H3/t13-/m0/s1. The van der Waals surface area contributed by atoms with Crippen molar-refractivity contribution in [3.8, 4) is 0 Å². The van der Waals surface area contributed by atoms with Crippen molar-refractivity contribution in [2.45, 2.75) is 65.1 Å². The van der Waals surface area contributed by atoms with Crippen LogP contribution >= 0.6 is 0 Å². The van der Waals surface area contributed by atoms with E-state index in [0.717, 1.165) is 19.3 Å². The quantitative estimate of drug-likeness (QED) is 0.704. The second kappa shape index (κ2) is 7.62. The Kier molecular flexibility index (Phi) is 6.46. The van der Waals surface area contributed by atoms with Gasteiger partial charge in [-0.25, -0.2) is 4.79 Å². The summed E-state index contributed by atoms with van der Waals surface area (Å²) in [5.41, 5.74) is -0.456. The highest BCUT2D eigenvalue weighted by Gasteiger charge is 2.29. The lowest BCUT2D eigenvalue weighted by atomic mass is 10.2. The zero-order chi connectivity index (χ0) is 15.2. The van der Waals surface area contributed by atoms with E-state index in [9.17, 15) is 9.59 Å². The van der Waals surface area contributed by atoms with Crippen LogP contribution in [0, 0.1) is 0 Å². The molecule has 1 rings (SSSR count). The molecular weight excluding hydrogens is 258 g/mol. The first kappa shape index (κ1) is 17.0. The normalized spacial score (nSPS) is 19.2. The molecule has 0 radical (unpaired) electrons. The Balaban J connectivity index is 2.16. The van der Waals surface area contributed by atoms with E-state index in [1.165, 1.54) is 0 Å². The molecule has 1 atom stereocenters. The molecule has 116 valence electrons. The second-order valence-corrected chi connectivity index (χ2v) is 6.37. The molecule has 1 saturated heterocycles. The predicted molar refractivity (Wildman–Crippen MR) is 76.7 cm³/mol. The summed E-state index contributed by atoms with van der Waals surface area (Å²) in [7, 11) is 0. The van der Waals surface area contributed by atoms with Gasteiger partial charge in [-0.2, -0.15) is 0 Å². The number of carbonyl (C=O) groups excluding carboxylic acids is 2. The van der Waals surface area contributed by atoms with Crippen LogP contribution < -0.4 is 0 Å².